The third kappa shape index (κ3) is 5.21. The molecule has 1 atom stereocenters. The van der Waals surface area contributed by atoms with E-state index in [1.165, 1.54) is 4.57 Å². The van der Waals surface area contributed by atoms with Crippen LogP contribution in [0.15, 0.2) is 33.5 Å². The highest BCUT2D eigenvalue weighted by Gasteiger charge is 2.24. The molecule has 1 aromatic carbocycles. The number of para-hydroxylation sites is 2. The number of aromatic nitrogens is 1. The predicted octanol–water partition coefficient (Wildman–Crippen LogP) is 2.84. The number of ether oxygens (including phenoxy) is 1. The van der Waals surface area contributed by atoms with Crippen LogP contribution in [-0.4, -0.2) is 41.0 Å². The molecule has 0 bridgehead atoms. The van der Waals surface area contributed by atoms with E-state index < -0.39 is 17.8 Å². The number of hydrogen-bond acceptors (Lipinski definition) is 5. The smallest absolute Gasteiger partial charge is 0.420 e. The van der Waals surface area contributed by atoms with Crippen LogP contribution < -0.4 is 5.76 Å². The van der Waals surface area contributed by atoms with E-state index in [0.29, 0.717) is 36.0 Å². The number of carbonyl (C=O) groups is 2. The summed E-state index contributed by atoms with van der Waals surface area (Å²) in [7, 11) is 0. The van der Waals surface area contributed by atoms with Crippen molar-refractivity contribution in [1.29, 1.82) is 0 Å². The third-order valence-electron chi connectivity index (χ3n) is 4.11. The van der Waals surface area contributed by atoms with Gasteiger partial charge in [-0.05, 0) is 30.9 Å². The van der Waals surface area contributed by atoms with Crippen molar-refractivity contribution in [2.45, 2.75) is 40.7 Å². The molecule has 0 aliphatic carbocycles. The zero-order chi connectivity index (χ0) is 20.1. The first-order valence-electron chi connectivity index (χ1n) is 9.25. The standard InChI is InChI=1S/C20H28N2O5/c1-13(2)10-21(11-14(3)4)18(23)12-26-19(24)15(5)22-16-8-6-7-9-17(16)27-20(22)25/h6-9,13-15H,10-12H2,1-5H3. The molecule has 0 saturated carbocycles. The number of carbonyl (C=O) groups excluding carboxylic acids is 2. The summed E-state index contributed by atoms with van der Waals surface area (Å²) in [6, 6.07) is 5.96. The highest BCUT2D eigenvalue weighted by molar-refractivity contribution is 5.83. The van der Waals surface area contributed by atoms with Crippen LogP contribution in [-0.2, 0) is 14.3 Å². The highest BCUT2D eigenvalue weighted by atomic mass is 16.5. The van der Waals surface area contributed by atoms with Crippen molar-refractivity contribution in [2.75, 3.05) is 19.7 Å². The molecule has 1 heterocycles. The van der Waals surface area contributed by atoms with Gasteiger partial charge in [-0.3, -0.25) is 9.36 Å². The molecule has 2 rings (SSSR count). The second kappa shape index (κ2) is 8.88. The Labute approximate surface area is 158 Å². The van der Waals surface area contributed by atoms with Gasteiger partial charge in [0.05, 0.1) is 5.52 Å². The van der Waals surface area contributed by atoms with E-state index in [1.54, 1.807) is 36.1 Å². The van der Waals surface area contributed by atoms with Crippen LogP contribution in [0, 0.1) is 11.8 Å². The number of benzene rings is 1. The minimum atomic E-state index is -0.891. The Hall–Kier alpha value is -2.57. The van der Waals surface area contributed by atoms with Gasteiger partial charge in [-0.15, -0.1) is 0 Å². The number of oxazole rings is 1. The molecule has 0 fully saturated rings. The summed E-state index contributed by atoms with van der Waals surface area (Å²) >= 11 is 0. The lowest BCUT2D eigenvalue weighted by Crippen LogP contribution is -2.40. The van der Waals surface area contributed by atoms with E-state index in [0.717, 1.165) is 0 Å². The number of rotatable bonds is 8. The fourth-order valence-electron chi connectivity index (χ4n) is 2.96. The molecule has 27 heavy (non-hydrogen) atoms. The molecule has 0 aliphatic heterocycles. The van der Waals surface area contributed by atoms with Crippen molar-refractivity contribution >= 4 is 23.0 Å². The van der Waals surface area contributed by atoms with Crippen LogP contribution in [0.4, 0.5) is 0 Å². The van der Waals surface area contributed by atoms with Gasteiger partial charge in [0.2, 0.25) is 0 Å². The second-order valence-electron chi connectivity index (χ2n) is 7.58. The second-order valence-corrected chi connectivity index (χ2v) is 7.58. The summed E-state index contributed by atoms with van der Waals surface area (Å²) in [5, 5.41) is 0. The van der Waals surface area contributed by atoms with Crippen molar-refractivity contribution in [3.05, 3.63) is 34.8 Å². The Morgan fingerprint density at radius 2 is 1.67 bits per heavy atom. The summed E-state index contributed by atoms with van der Waals surface area (Å²) in [4.78, 5) is 38.7. The highest BCUT2D eigenvalue weighted by Crippen LogP contribution is 2.17. The first-order chi connectivity index (χ1) is 12.7. The normalized spacial score (nSPS) is 12.6. The van der Waals surface area contributed by atoms with Crippen LogP contribution in [0.25, 0.3) is 11.1 Å². The molecule has 0 radical (unpaired) electrons. The molecule has 1 aromatic heterocycles. The minimum Gasteiger partial charge on any atom is -0.454 e. The Kier molecular flexibility index (Phi) is 6.82. The molecule has 1 amide bonds. The zero-order valence-electron chi connectivity index (χ0n) is 16.6. The van der Waals surface area contributed by atoms with Gasteiger partial charge in [-0.25, -0.2) is 9.59 Å². The monoisotopic (exact) mass is 376 g/mol. The van der Waals surface area contributed by atoms with Gasteiger partial charge in [-0.2, -0.15) is 0 Å². The van der Waals surface area contributed by atoms with E-state index in [1.807, 2.05) is 27.7 Å². The van der Waals surface area contributed by atoms with Crippen LogP contribution in [0.2, 0.25) is 0 Å². The van der Waals surface area contributed by atoms with E-state index >= 15 is 0 Å². The topological polar surface area (TPSA) is 81.8 Å². The average molecular weight is 376 g/mol. The van der Waals surface area contributed by atoms with Crippen LogP contribution in [0.1, 0.15) is 40.7 Å². The Morgan fingerprint density at radius 3 is 2.26 bits per heavy atom. The summed E-state index contributed by atoms with van der Waals surface area (Å²) in [6.45, 7) is 10.6. The molecule has 7 nitrogen and oxygen atoms in total. The number of nitrogens with zero attached hydrogens (tertiary/aromatic N) is 2. The van der Waals surface area contributed by atoms with Gasteiger partial charge < -0.3 is 14.1 Å². The summed E-state index contributed by atoms with van der Waals surface area (Å²) in [5.41, 5.74) is 0.915. The third-order valence-corrected chi connectivity index (χ3v) is 4.11. The summed E-state index contributed by atoms with van der Waals surface area (Å²) in [5.74, 6) is -0.877. The summed E-state index contributed by atoms with van der Waals surface area (Å²) < 4.78 is 11.6. The van der Waals surface area contributed by atoms with Crippen molar-refractivity contribution in [3.63, 3.8) is 0 Å². The molecule has 2 aromatic rings. The molecule has 0 aliphatic rings. The lowest BCUT2D eigenvalue weighted by molar-refractivity contribution is -0.154. The lowest BCUT2D eigenvalue weighted by Gasteiger charge is -2.26. The Morgan fingerprint density at radius 1 is 1.07 bits per heavy atom. The van der Waals surface area contributed by atoms with Gasteiger partial charge in [0.1, 0.15) is 6.04 Å². The molecule has 0 saturated heterocycles. The Balaban J connectivity index is 2.06. The van der Waals surface area contributed by atoms with Crippen molar-refractivity contribution in [3.8, 4) is 0 Å². The average Bonchev–Trinajstić information content (AvgIpc) is 2.92. The van der Waals surface area contributed by atoms with Gasteiger partial charge >= 0.3 is 11.7 Å². The van der Waals surface area contributed by atoms with Crippen molar-refractivity contribution < 1.29 is 18.7 Å². The van der Waals surface area contributed by atoms with Crippen molar-refractivity contribution in [1.82, 2.24) is 9.47 Å². The lowest BCUT2D eigenvalue weighted by atomic mass is 10.1. The SMILES string of the molecule is CC(C)CN(CC(C)C)C(=O)COC(=O)C(C)n1c(=O)oc2ccccc21. The maximum Gasteiger partial charge on any atom is 0.420 e. The van der Waals surface area contributed by atoms with E-state index in [-0.39, 0.29) is 12.5 Å². The quantitative estimate of drug-likeness (QED) is 0.662. The zero-order valence-corrected chi connectivity index (χ0v) is 16.6. The molecule has 148 valence electrons. The first kappa shape index (κ1) is 20.7. The maximum absolute atomic E-state index is 12.5. The number of esters is 1. The van der Waals surface area contributed by atoms with E-state index in [4.69, 9.17) is 9.15 Å². The van der Waals surface area contributed by atoms with E-state index in [9.17, 15) is 14.4 Å². The number of hydrogen-bond donors (Lipinski definition) is 0. The largest absolute Gasteiger partial charge is 0.454 e. The van der Waals surface area contributed by atoms with Gasteiger partial charge in [0.25, 0.3) is 5.91 Å². The first-order valence-corrected chi connectivity index (χ1v) is 9.25. The van der Waals surface area contributed by atoms with Gasteiger partial charge in [0, 0.05) is 13.1 Å². The molecule has 7 heteroatoms. The molecular weight excluding hydrogens is 348 g/mol. The number of amides is 1. The fourth-order valence-corrected chi connectivity index (χ4v) is 2.96. The van der Waals surface area contributed by atoms with Crippen LogP contribution in [0.5, 0.6) is 0 Å². The fraction of sp³-hybridized carbons (Fsp3) is 0.550. The number of fused-ring (bicyclic) bond motifs is 1. The molecular formula is C20H28N2O5. The molecule has 0 spiro atoms. The van der Waals surface area contributed by atoms with Gasteiger partial charge in [-0.1, -0.05) is 39.8 Å². The molecule has 0 N–H and O–H groups in total. The van der Waals surface area contributed by atoms with Crippen LogP contribution >= 0.6 is 0 Å². The predicted molar refractivity (Wildman–Crippen MR) is 102 cm³/mol. The van der Waals surface area contributed by atoms with Crippen LogP contribution in [0.3, 0.4) is 0 Å². The van der Waals surface area contributed by atoms with Crippen molar-refractivity contribution in [2.24, 2.45) is 11.8 Å². The summed E-state index contributed by atoms with van der Waals surface area (Å²) in [6.07, 6.45) is 0. The van der Waals surface area contributed by atoms with Gasteiger partial charge in [0.15, 0.2) is 12.2 Å². The van der Waals surface area contributed by atoms with E-state index in [2.05, 4.69) is 0 Å². The maximum atomic E-state index is 12.5. The molecule has 1 unspecified atom stereocenters. The Bertz CT molecular complexity index is 839. The minimum absolute atomic E-state index is 0.234.